The van der Waals surface area contributed by atoms with E-state index >= 15 is 0 Å². The first-order chi connectivity index (χ1) is 12.7. The summed E-state index contributed by atoms with van der Waals surface area (Å²) in [7, 11) is -3.95. The number of nitrogens with zero attached hydrogens (tertiary/aromatic N) is 2. The van der Waals surface area contributed by atoms with Crippen molar-refractivity contribution in [2.75, 3.05) is 0 Å². The van der Waals surface area contributed by atoms with Crippen molar-refractivity contribution in [2.24, 2.45) is 0 Å². The normalized spacial score (nSPS) is 11.4. The van der Waals surface area contributed by atoms with Crippen LogP contribution in [0.5, 0.6) is 0 Å². The molecule has 0 aliphatic rings. The Morgan fingerprint density at radius 1 is 1.11 bits per heavy atom. The Bertz CT molecular complexity index is 1110. The van der Waals surface area contributed by atoms with Crippen molar-refractivity contribution >= 4 is 31.9 Å². The monoisotopic (exact) mass is 447 g/mol. The van der Waals surface area contributed by atoms with E-state index in [-0.39, 0.29) is 10.5 Å². The topological polar surface area (TPSA) is 81.1 Å². The van der Waals surface area contributed by atoms with E-state index in [0.717, 1.165) is 17.0 Å². The molecule has 6 nitrogen and oxygen atoms in total. The van der Waals surface area contributed by atoms with Crippen LogP contribution in [-0.4, -0.2) is 24.1 Å². The average molecular weight is 448 g/mol. The van der Waals surface area contributed by atoms with Crippen LogP contribution in [0.1, 0.15) is 27.3 Å². The summed E-state index contributed by atoms with van der Waals surface area (Å²) in [6, 6.07) is 15.0. The Kier molecular flexibility index (Phi) is 5.48. The highest BCUT2D eigenvalue weighted by molar-refractivity contribution is 9.10. The van der Waals surface area contributed by atoms with E-state index in [9.17, 15) is 13.2 Å². The number of benzene rings is 2. The average Bonchev–Trinajstić information content (AvgIpc) is 2.92. The molecule has 0 spiro atoms. The lowest BCUT2D eigenvalue weighted by atomic mass is 10.1. The number of nitrogens with one attached hydrogen (secondary N) is 1. The van der Waals surface area contributed by atoms with Crippen molar-refractivity contribution in [1.29, 1.82) is 0 Å². The largest absolute Gasteiger partial charge is 0.268 e. The fourth-order valence-electron chi connectivity index (χ4n) is 2.69. The van der Waals surface area contributed by atoms with Crippen LogP contribution in [0, 0.1) is 13.8 Å². The standard InChI is InChI=1S/C19H18BrN3O3S/c1-13-9-14(2)23(21-13)12-15-5-3-6-16(10-15)19(24)22-27(25,26)18-8-4-7-17(20)11-18/h3-11H,12H2,1-2H3,(H,22,24). The molecule has 27 heavy (non-hydrogen) atoms. The van der Waals surface area contributed by atoms with E-state index in [1.165, 1.54) is 12.1 Å². The molecular weight excluding hydrogens is 430 g/mol. The van der Waals surface area contributed by atoms with Gasteiger partial charge in [-0.05, 0) is 55.8 Å². The Morgan fingerprint density at radius 2 is 1.85 bits per heavy atom. The predicted molar refractivity (Wildman–Crippen MR) is 106 cm³/mol. The van der Waals surface area contributed by atoms with Gasteiger partial charge in [0.05, 0.1) is 17.1 Å². The van der Waals surface area contributed by atoms with Crippen molar-refractivity contribution < 1.29 is 13.2 Å². The third-order valence-corrected chi connectivity index (χ3v) is 5.78. The summed E-state index contributed by atoms with van der Waals surface area (Å²) in [5, 5.41) is 4.40. The van der Waals surface area contributed by atoms with Crippen molar-refractivity contribution in [3.63, 3.8) is 0 Å². The van der Waals surface area contributed by atoms with Gasteiger partial charge in [0.2, 0.25) is 0 Å². The van der Waals surface area contributed by atoms with E-state index in [0.29, 0.717) is 11.0 Å². The van der Waals surface area contributed by atoms with Crippen LogP contribution in [0.4, 0.5) is 0 Å². The summed E-state index contributed by atoms with van der Waals surface area (Å²) < 4.78 is 29.4. The molecule has 1 N–H and O–H groups in total. The number of aryl methyl sites for hydroxylation is 2. The van der Waals surface area contributed by atoms with Gasteiger partial charge in [-0.3, -0.25) is 9.48 Å². The molecule has 140 valence electrons. The summed E-state index contributed by atoms with van der Waals surface area (Å²) in [5.41, 5.74) is 3.06. The SMILES string of the molecule is Cc1cc(C)n(Cc2cccc(C(=O)NS(=O)(=O)c3cccc(Br)c3)c2)n1. The van der Waals surface area contributed by atoms with Crippen molar-refractivity contribution in [2.45, 2.75) is 25.3 Å². The number of halogens is 1. The quantitative estimate of drug-likeness (QED) is 0.649. The van der Waals surface area contributed by atoms with Gasteiger partial charge >= 0.3 is 0 Å². The van der Waals surface area contributed by atoms with Crippen molar-refractivity contribution in [1.82, 2.24) is 14.5 Å². The lowest BCUT2D eigenvalue weighted by molar-refractivity contribution is 0.0981. The smallest absolute Gasteiger partial charge is 0.265 e. The summed E-state index contributed by atoms with van der Waals surface area (Å²) >= 11 is 3.23. The molecular formula is C19H18BrN3O3S. The predicted octanol–water partition coefficient (Wildman–Crippen LogP) is 3.43. The van der Waals surface area contributed by atoms with Crippen LogP contribution >= 0.6 is 15.9 Å². The second-order valence-corrected chi connectivity index (χ2v) is 8.78. The van der Waals surface area contributed by atoms with Crippen molar-refractivity contribution in [3.05, 3.63) is 81.6 Å². The molecule has 0 fully saturated rings. The fraction of sp³-hybridized carbons (Fsp3) is 0.158. The number of sulfonamides is 1. The number of hydrogen-bond donors (Lipinski definition) is 1. The van der Waals surface area contributed by atoms with Crippen LogP contribution in [0.3, 0.4) is 0 Å². The van der Waals surface area contributed by atoms with E-state index in [2.05, 4.69) is 25.8 Å². The zero-order valence-corrected chi connectivity index (χ0v) is 17.2. The Balaban J connectivity index is 1.80. The summed E-state index contributed by atoms with van der Waals surface area (Å²) in [6.07, 6.45) is 0. The van der Waals surface area contributed by atoms with Crippen LogP contribution in [0.15, 0.2) is 64.0 Å². The number of rotatable bonds is 5. The molecule has 0 saturated carbocycles. The van der Waals surface area contributed by atoms with Gasteiger partial charge in [-0.1, -0.05) is 34.1 Å². The summed E-state index contributed by atoms with van der Waals surface area (Å²) in [6.45, 7) is 4.38. The summed E-state index contributed by atoms with van der Waals surface area (Å²) in [4.78, 5) is 12.5. The molecule has 3 rings (SSSR count). The molecule has 0 aliphatic heterocycles. The molecule has 0 bridgehead atoms. The number of aromatic nitrogens is 2. The maximum atomic E-state index is 12.5. The maximum absolute atomic E-state index is 12.5. The Labute approximate surface area is 166 Å². The highest BCUT2D eigenvalue weighted by Gasteiger charge is 2.19. The van der Waals surface area contributed by atoms with Gasteiger partial charge in [0.1, 0.15) is 0 Å². The van der Waals surface area contributed by atoms with Crippen LogP contribution in [0.2, 0.25) is 0 Å². The molecule has 0 radical (unpaired) electrons. The Morgan fingerprint density at radius 3 is 2.52 bits per heavy atom. The number of carbonyl (C=O) groups excluding carboxylic acids is 1. The molecule has 2 aromatic carbocycles. The second kappa shape index (κ2) is 7.66. The van der Waals surface area contributed by atoms with Gasteiger partial charge in [-0.25, -0.2) is 13.1 Å². The van der Waals surface area contributed by atoms with Gasteiger partial charge in [-0.15, -0.1) is 0 Å². The van der Waals surface area contributed by atoms with Gasteiger partial charge < -0.3 is 0 Å². The summed E-state index contributed by atoms with van der Waals surface area (Å²) in [5.74, 6) is -0.676. The molecule has 1 amide bonds. The van der Waals surface area contributed by atoms with Gasteiger partial charge in [-0.2, -0.15) is 5.10 Å². The molecule has 0 atom stereocenters. The third-order valence-electron chi connectivity index (χ3n) is 3.96. The first-order valence-electron chi connectivity index (χ1n) is 8.17. The van der Waals surface area contributed by atoms with E-state index in [1.54, 1.807) is 30.3 Å². The minimum absolute atomic E-state index is 0.0176. The van der Waals surface area contributed by atoms with Crippen LogP contribution in [-0.2, 0) is 16.6 Å². The van der Waals surface area contributed by atoms with E-state index < -0.39 is 15.9 Å². The maximum Gasteiger partial charge on any atom is 0.265 e. The van der Waals surface area contributed by atoms with Crippen LogP contribution < -0.4 is 4.72 Å². The number of hydrogen-bond acceptors (Lipinski definition) is 4. The molecule has 1 heterocycles. The fourth-order valence-corrected chi connectivity index (χ4v) is 4.26. The molecule has 0 saturated heterocycles. The minimum Gasteiger partial charge on any atom is -0.268 e. The van der Waals surface area contributed by atoms with Gasteiger partial charge in [0.25, 0.3) is 15.9 Å². The van der Waals surface area contributed by atoms with E-state index in [4.69, 9.17) is 0 Å². The highest BCUT2D eigenvalue weighted by atomic mass is 79.9. The molecule has 0 unspecified atom stereocenters. The Hall–Kier alpha value is -2.45. The minimum atomic E-state index is -3.95. The lowest BCUT2D eigenvalue weighted by Crippen LogP contribution is -2.30. The first kappa shape index (κ1) is 19.3. The van der Waals surface area contributed by atoms with E-state index in [1.807, 2.05) is 30.7 Å². The molecule has 0 aliphatic carbocycles. The number of carbonyl (C=O) groups is 1. The molecule has 8 heteroatoms. The van der Waals surface area contributed by atoms with Crippen molar-refractivity contribution in [3.8, 4) is 0 Å². The highest BCUT2D eigenvalue weighted by Crippen LogP contribution is 2.17. The molecule has 1 aromatic heterocycles. The lowest BCUT2D eigenvalue weighted by Gasteiger charge is -2.09. The van der Waals surface area contributed by atoms with Gasteiger partial charge in [0.15, 0.2) is 0 Å². The molecule has 3 aromatic rings. The van der Waals surface area contributed by atoms with Crippen LogP contribution in [0.25, 0.3) is 0 Å². The van der Waals surface area contributed by atoms with Gasteiger partial charge in [0, 0.05) is 15.7 Å². The third kappa shape index (κ3) is 4.64. The second-order valence-electron chi connectivity index (χ2n) is 6.18. The first-order valence-corrected chi connectivity index (χ1v) is 10.4. The number of amides is 1. The zero-order chi connectivity index (χ0) is 19.6. The zero-order valence-electron chi connectivity index (χ0n) is 14.8.